The van der Waals surface area contributed by atoms with Crippen LogP contribution in [0.25, 0.3) is 0 Å². The number of hydrogen-bond acceptors (Lipinski definition) is 4. The Kier molecular flexibility index (Phi) is 4.15. The van der Waals surface area contributed by atoms with Gasteiger partial charge in [0.05, 0.1) is 0 Å². The maximum atomic E-state index is 4.25. The molecule has 1 aromatic heterocycles. The van der Waals surface area contributed by atoms with Crippen LogP contribution in [-0.2, 0) is 6.54 Å². The van der Waals surface area contributed by atoms with Crippen molar-refractivity contribution in [3.05, 3.63) is 46.2 Å². The Hall–Kier alpha value is -1.62. The van der Waals surface area contributed by atoms with Gasteiger partial charge in [-0.15, -0.1) is 0 Å². The number of nitrogens with one attached hydrogen (secondary N) is 2. The molecule has 2 N–H and O–H groups in total. The number of aromatic nitrogens is 2. The highest BCUT2D eigenvalue weighted by Crippen LogP contribution is 2.19. The lowest BCUT2D eigenvalue weighted by Gasteiger charge is -2.11. The second kappa shape index (κ2) is 5.82. The third-order valence-electron chi connectivity index (χ3n) is 2.67. The molecule has 0 fully saturated rings. The van der Waals surface area contributed by atoms with Crippen molar-refractivity contribution in [2.75, 3.05) is 17.7 Å². The molecule has 0 aliphatic rings. The molecule has 0 radical (unpaired) electrons. The molecule has 4 nitrogen and oxygen atoms in total. The molecule has 5 heteroatoms. The largest absolute Gasteiger partial charge is 0.373 e. The highest BCUT2D eigenvalue weighted by Gasteiger charge is 2.05. The van der Waals surface area contributed by atoms with Crippen molar-refractivity contribution >= 4 is 27.6 Å². The zero-order valence-corrected chi connectivity index (χ0v) is 12.0. The summed E-state index contributed by atoms with van der Waals surface area (Å²) in [4.78, 5) is 8.41. The van der Waals surface area contributed by atoms with Crippen molar-refractivity contribution in [2.24, 2.45) is 0 Å². The summed E-state index contributed by atoms with van der Waals surface area (Å²) < 4.78 is 1.08. The Bertz CT molecular complexity index is 542. The number of anilines is 2. The number of benzene rings is 1. The van der Waals surface area contributed by atoms with Crippen molar-refractivity contribution in [1.82, 2.24) is 9.97 Å². The van der Waals surface area contributed by atoms with Crippen LogP contribution in [0, 0.1) is 6.92 Å². The van der Waals surface area contributed by atoms with Crippen molar-refractivity contribution in [2.45, 2.75) is 13.5 Å². The van der Waals surface area contributed by atoms with E-state index in [9.17, 15) is 0 Å². The molecule has 1 heterocycles. The van der Waals surface area contributed by atoms with E-state index in [0.29, 0.717) is 0 Å². The molecule has 18 heavy (non-hydrogen) atoms. The molecule has 0 amide bonds. The molecular formula is C13H15BrN4. The SMILES string of the molecule is CNc1ncnc(NCc2cccc(Br)c2)c1C. The summed E-state index contributed by atoms with van der Waals surface area (Å²) in [7, 11) is 1.85. The Morgan fingerprint density at radius 3 is 2.72 bits per heavy atom. The average molecular weight is 307 g/mol. The van der Waals surface area contributed by atoms with Crippen LogP contribution in [-0.4, -0.2) is 17.0 Å². The lowest BCUT2D eigenvalue weighted by molar-refractivity contribution is 1.06. The molecule has 0 atom stereocenters. The van der Waals surface area contributed by atoms with E-state index in [0.717, 1.165) is 28.2 Å². The zero-order chi connectivity index (χ0) is 13.0. The second-order valence-corrected chi connectivity index (χ2v) is 4.85. The van der Waals surface area contributed by atoms with Crippen LogP contribution in [0.4, 0.5) is 11.6 Å². The van der Waals surface area contributed by atoms with Crippen LogP contribution in [0.3, 0.4) is 0 Å². The Morgan fingerprint density at radius 2 is 2.00 bits per heavy atom. The summed E-state index contributed by atoms with van der Waals surface area (Å²) in [6, 6.07) is 8.20. The minimum atomic E-state index is 0.737. The third kappa shape index (κ3) is 2.98. The van der Waals surface area contributed by atoms with Crippen molar-refractivity contribution in [3.63, 3.8) is 0 Å². The Balaban J connectivity index is 2.11. The molecule has 0 saturated heterocycles. The van der Waals surface area contributed by atoms with Gasteiger partial charge < -0.3 is 10.6 Å². The van der Waals surface area contributed by atoms with Gasteiger partial charge in [-0.3, -0.25) is 0 Å². The van der Waals surface area contributed by atoms with Gasteiger partial charge in [-0.25, -0.2) is 9.97 Å². The van der Waals surface area contributed by atoms with E-state index in [2.05, 4.69) is 48.7 Å². The smallest absolute Gasteiger partial charge is 0.134 e. The minimum Gasteiger partial charge on any atom is -0.373 e. The first-order valence-electron chi connectivity index (χ1n) is 5.68. The van der Waals surface area contributed by atoms with Crippen LogP contribution in [0.5, 0.6) is 0 Å². The summed E-state index contributed by atoms with van der Waals surface area (Å²) in [6.07, 6.45) is 1.56. The summed E-state index contributed by atoms with van der Waals surface area (Å²) in [5, 5.41) is 6.36. The van der Waals surface area contributed by atoms with E-state index in [1.165, 1.54) is 5.56 Å². The van der Waals surface area contributed by atoms with Crippen LogP contribution in [0.1, 0.15) is 11.1 Å². The molecule has 2 rings (SSSR count). The number of nitrogens with zero attached hydrogens (tertiary/aromatic N) is 2. The molecule has 0 spiro atoms. The van der Waals surface area contributed by atoms with Gasteiger partial charge in [0, 0.05) is 23.6 Å². The van der Waals surface area contributed by atoms with Gasteiger partial charge in [0.15, 0.2) is 0 Å². The van der Waals surface area contributed by atoms with E-state index in [4.69, 9.17) is 0 Å². The first-order chi connectivity index (χ1) is 8.70. The molecule has 2 aromatic rings. The standard InChI is InChI=1S/C13H15BrN4/c1-9-12(15-2)17-8-18-13(9)16-7-10-4-3-5-11(14)6-10/h3-6,8H,7H2,1-2H3,(H2,15,16,17,18). The average Bonchev–Trinajstić information content (AvgIpc) is 2.38. The fourth-order valence-electron chi connectivity index (χ4n) is 1.71. The third-order valence-corrected chi connectivity index (χ3v) is 3.16. The zero-order valence-electron chi connectivity index (χ0n) is 10.4. The lowest BCUT2D eigenvalue weighted by atomic mass is 10.2. The van der Waals surface area contributed by atoms with Crippen molar-refractivity contribution < 1.29 is 0 Å². The monoisotopic (exact) mass is 306 g/mol. The Labute approximate surface area is 115 Å². The first kappa shape index (κ1) is 12.8. The van der Waals surface area contributed by atoms with Crippen LogP contribution in [0.15, 0.2) is 35.1 Å². The summed E-state index contributed by atoms with van der Waals surface area (Å²) in [6.45, 7) is 2.73. The fraction of sp³-hybridized carbons (Fsp3) is 0.231. The van der Waals surface area contributed by atoms with Gasteiger partial charge in [0.1, 0.15) is 18.0 Å². The van der Waals surface area contributed by atoms with Gasteiger partial charge in [-0.05, 0) is 24.6 Å². The number of hydrogen-bond donors (Lipinski definition) is 2. The van der Waals surface area contributed by atoms with Gasteiger partial charge in [0.2, 0.25) is 0 Å². The normalized spacial score (nSPS) is 10.2. The molecule has 0 aliphatic carbocycles. The highest BCUT2D eigenvalue weighted by molar-refractivity contribution is 9.10. The quantitative estimate of drug-likeness (QED) is 0.911. The van der Waals surface area contributed by atoms with Gasteiger partial charge >= 0.3 is 0 Å². The Morgan fingerprint density at radius 1 is 1.22 bits per heavy atom. The van der Waals surface area contributed by atoms with Gasteiger partial charge in [-0.1, -0.05) is 28.1 Å². The fourth-order valence-corrected chi connectivity index (χ4v) is 2.16. The molecule has 94 valence electrons. The topological polar surface area (TPSA) is 49.8 Å². The summed E-state index contributed by atoms with van der Waals surface area (Å²) in [5.41, 5.74) is 2.23. The molecule has 1 aromatic carbocycles. The van der Waals surface area contributed by atoms with E-state index in [1.54, 1.807) is 6.33 Å². The number of rotatable bonds is 4. The molecular weight excluding hydrogens is 292 g/mol. The first-order valence-corrected chi connectivity index (χ1v) is 6.47. The van der Waals surface area contributed by atoms with E-state index >= 15 is 0 Å². The van der Waals surface area contributed by atoms with E-state index in [1.807, 2.05) is 26.1 Å². The molecule has 0 aliphatic heterocycles. The molecule has 0 saturated carbocycles. The second-order valence-electron chi connectivity index (χ2n) is 3.93. The maximum Gasteiger partial charge on any atom is 0.134 e. The summed E-state index contributed by atoms with van der Waals surface area (Å²) in [5.74, 6) is 1.70. The number of halogens is 1. The molecule has 0 unspecified atom stereocenters. The highest BCUT2D eigenvalue weighted by atomic mass is 79.9. The van der Waals surface area contributed by atoms with Crippen LogP contribution >= 0.6 is 15.9 Å². The van der Waals surface area contributed by atoms with E-state index < -0.39 is 0 Å². The summed E-state index contributed by atoms with van der Waals surface area (Å²) >= 11 is 3.46. The van der Waals surface area contributed by atoms with Crippen LogP contribution in [0.2, 0.25) is 0 Å². The van der Waals surface area contributed by atoms with Crippen LogP contribution < -0.4 is 10.6 Å². The van der Waals surface area contributed by atoms with E-state index in [-0.39, 0.29) is 0 Å². The lowest BCUT2D eigenvalue weighted by Crippen LogP contribution is -2.06. The predicted octanol–water partition coefficient (Wildman–Crippen LogP) is 3.20. The minimum absolute atomic E-state index is 0.737. The van der Waals surface area contributed by atoms with Gasteiger partial charge in [0.25, 0.3) is 0 Å². The maximum absolute atomic E-state index is 4.25. The van der Waals surface area contributed by atoms with Gasteiger partial charge in [-0.2, -0.15) is 0 Å². The molecule has 0 bridgehead atoms. The predicted molar refractivity (Wildman–Crippen MR) is 77.8 cm³/mol. The van der Waals surface area contributed by atoms with Crippen molar-refractivity contribution in [3.8, 4) is 0 Å². The van der Waals surface area contributed by atoms with Crippen molar-refractivity contribution in [1.29, 1.82) is 0 Å².